The van der Waals surface area contributed by atoms with E-state index in [1.165, 1.54) is 4.90 Å². The number of carbonyl (C=O) groups is 2. The summed E-state index contributed by atoms with van der Waals surface area (Å²) >= 11 is 0. The molecule has 4 nitrogen and oxygen atoms in total. The van der Waals surface area contributed by atoms with Crippen LogP contribution in [0.1, 0.15) is 39.0 Å². The number of carbonyl (C=O) groups excluding carboxylic acids is 1. The van der Waals surface area contributed by atoms with Gasteiger partial charge in [0.1, 0.15) is 6.04 Å². The van der Waals surface area contributed by atoms with Crippen LogP contribution >= 0.6 is 0 Å². The highest BCUT2D eigenvalue weighted by Gasteiger charge is 2.35. The summed E-state index contributed by atoms with van der Waals surface area (Å²) in [6.07, 6.45) is 3.91. The highest BCUT2D eigenvalue weighted by Crippen LogP contribution is 2.19. The summed E-state index contributed by atoms with van der Waals surface area (Å²) in [6.45, 7) is 2.68. The van der Waals surface area contributed by atoms with Gasteiger partial charge in [-0.3, -0.25) is 4.79 Å². The van der Waals surface area contributed by atoms with Gasteiger partial charge in [0.25, 0.3) is 0 Å². The van der Waals surface area contributed by atoms with Crippen molar-refractivity contribution in [1.29, 1.82) is 0 Å². The summed E-state index contributed by atoms with van der Waals surface area (Å²) in [5, 5.41) is 8.86. The number of carboxylic acid groups (broad SMARTS) is 1. The van der Waals surface area contributed by atoms with E-state index in [0.717, 1.165) is 19.3 Å². The maximum absolute atomic E-state index is 11.3. The van der Waals surface area contributed by atoms with Crippen LogP contribution < -0.4 is 0 Å². The summed E-state index contributed by atoms with van der Waals surface area (Å²) in [5.41, 5.74) is 0. The van der Waals surface area contributed by atoms with Gasteiger partial charge in [0.2, 0.25) is 5.91 Å². The predicted octanol–water partition coefficient (Wildman–Crippen LogP) is 1.25. The van der Waals surface area contributed by atoms with Crippen LogP contribution in [0.15, 0.2) is 0 Å². The Bertz CT molecular complexity index is 227. The molecule has 1 fully saturated rings. The zero-order valence-electron chi connectivity index (χ0n) is 8.53. The Morgan fingerprint density at radius 1 is 1.57 bits per heavy atom. The molecule has 0 saturated carbocycles. The summed E-state index contributed by atoms with van der Waals surface area (Å²) in [7, 11) is 0. The van der Waals surface area contributed by atoms with Crippen molar-refractivity contribution in [2.75, 3.05) is 6.54 Å². The third-order valence-corrected chi connectivity index (χ3v) is 2.62. The average molecular weight is 199 g/mol. The van der Waals surface area contributed by atoms with Gasteiger partial charge in [-0.25, -0.2) is 4.79 Å². The van der Waals surface area contributed by atoms with Crippen molar-refractivity contribution in [1.82, 2.24) is 4.90 Å². The van der Waals surface area contributed by atoms with Crippen molar-refractivity contribution in [3.63, 3.8) is 0 Å². The van der Waals surface area contributed by atoms with E-state index >= 15 is 0 Å². The van der Waals surface area contributed by atoms with Gasteiger partial charge in [0.05, 0.1) is 0 Å². The van der Waals surface area contributed by atoms with Crippen LogP contribution in [0.5, 0.6) is 0 Å². The summed E-state index contributed by atoms with van der Waals surface area (Å²) in [5.74, 6) is -0.874. The minimum Gasteiger partial charge on any atom is -0.480 e. The lowest BCUT2D eigenvalue weighted by atomic mass is 10.2. The van der Waals surface area contributed by atoms with Gasteiger partial charge >= 0.3 is 5.97 Å². The van der Waals surface area contributed by atoms with E-state index in [1.807, 2.05) is 0 Å². The Morgan fingerprint density at radius 2 is 2.29 bits per heavy atom. The monoisotopic (exact) mass is 199 g/mol. The minimum atomic E-state index is -0.868. The van der Waals surface area contributed by atoms with Crippen LogP contribution in [0, 0.1) is 0 Å². The zero-order chi connectivity index (χ0) is 10.6. The van der Waals surface area contributed by atoms with Crippen LogP contribution in [0.3, 0.4) is 0 Å². The van der Waals surface area contributed by atoms with Crippen LogP contribution in [0.25, 0.3) is 0 Å². The van der Waals surface area contributed by atoms with Gasteiger partial charge in [0.15, 0.2) is 0 Å². The topological polar surface area (TPSA) is 57.6 Å². The maximum Gasteiger partial charge on any atom is 0.326 e. The second-order valence-corrected chi connectivity index (χ2v) is 3.69. The molecular formula is C10H17NO3. The molecule has 1 rings (SSSR count). The number of aliphatic carboxylic acids is 1. The molecule has 0 bridgehead atoms. The molecule has 80 valence electrons. The van der Waals surface area contributed by atoms with Crippen LogP contribution in [-0.4, -0.2) is 34.5 Å². The van der Waals surface area contributed by atoms with E-state index in [-0.39, 0.29) is 5.91 Å². The molecule has 0 aromatic heterocycles. The number of carboxylic acids is 1. The third-order valence-electron chi connectivity index (χ3n) is 2.62. The first kappa shape index (κ1) is 11.0. The van der Waals surface area contributed by atoms with E-state index < -0.39 is 12.0 Å². The molecule has 1 N–H and O–H groups in total. The van der Waals surface area contributed by atoms with Gasteiger partial charge in [-0.05, 0) is 12.8 Å². The smallest absolute Gasteiger partial charge is 0.326 e. The normalized spacial score (nSPS) is 21.6. The Kier molecular flexibility index (Phi) is 3.92. The first-order valence-corrected chi connectivity index (χ1v) is 5.19. The van der Waals surface area contributed by atoms with E-state index in [0.29, 0.717) is 19.4 Å². The van der Waals surface area contributed by atoms with E-state index in [2.05, 4.69) is 6.92 Å². The highest BCUT2D eigenvalue weighted by molar-refractivity contribution is 5.87. The van der Waals surface area contributed by atoms with Crippen molar-refractivity contribution < 1.29 is 14.7 Å². The molecule has 4 heteroatoms. The number of nitrogens with zero attached hydrogens (tertiary/aromatic N) is 1. The molecule has 1 atom stereocenters. The van der Waals surface area contributed by atoms with Gasteiger partial charge in [-0.15, -0.1) is 0 Å². The van der Waals surface area contributed by atoms with Gasteiger partial charge in [0, 0.05) is 13.0 Å². The number of hydrogen-bond acceptors (Lipinski definition) is 2. The molecule has 1 heterocycles. The minimum absolute atomic E-state index is 0.00602. The standard InChI is InChI=1S/C10H17NO3/c1-2-3-4-7-11-8(10(13)14)5-6-9(11)12/h8H,2-7H2,1H3,(H,13,14)/t8-/m0/s1. The molecule has 0 unspecified atom stereocenters. The maximum atomic E-state index is 11.3. The van der Waals surface area contributed by atoms with Crippen LogP contribution in [0.4, 0.5) is 0 Å². The van der Waals surface area contributed by atoms with Gasteiger partial charge < -0.3 is 10.0 Å². The lowest BCUT2D eigenvalue weighted by molar-refractivity contribution is -0.146. The quantitative estimate of drug-likeness (QED) is 0.678. The summed E-state index contributed by atoms with van der Waals surface area (Å²) in [6, 6.07) is -0.570. The molecule has 0 aromatic carbocycles. The molecule has 0 aliphatic carbocycles. The van der Waals surface area contributed by atoms with Crippen molar-refractivity contribution >= 4 is 11.9 Å². The number of hydrogen-bond donors (Lipinski definition) is 1. The molecule has 0 radical (unpaired) electrons. The van der Waals surface area contributed by atoms with Crippen LogP contribution in [0.2, 0.25) is 0 Å². The molecule has 0 spiro atoms. The number of unbranched alkanes of at least 4 members (excludes halogenated alkanes) is 2. The first-order valence-electron chi connectivity index (χ1n) is 5.19. The second-order valence-electron chi connectivity index (χ2n) is 3.69. The van der Waals surface area contributed by atoms with Gasteiger partial charge in [-0.2, -0.15) is 0 Å². The number of rotatable bonds is 5. The zero-order valence-corrected chi connectivity index (χ0v) is 8.53. The molecular weight excluding hydrogens is 182 g/mol. The number of amides is 1. The first-order chi connectivity index (χ1) is 6.66. The molecule has 14 heavy (non-hydrogen) atoms. The average Bonchev–Trinajstić information content (AvgIpc) is 2.48. The molecule has 0 aromatic rings. The molecule has 1 aliphatic rings. The third kappa shape index (κ3) is 2.47. The fraction of sp³-hybridized carbons (Fsp3) is 0.800. The molecule has 1 saturated heterocycles. The molecule has 1 amide bonds. The van der Waals surface area contributed by atoms with Gasteiger partial charge in [-0.1, -0.05) is 19.8 Å². The lowest BCUT2D eigenvalue weighted by Gasteiger charge is -2.21. The Morgan fingerprint density at radius 3 is 2.86 bits per heavy atom. The Labute approximate surface area is 83.9 Å². The fourth-order valence-electron chi connectivity index (χ4n) is 1.80. The fourth-order valence-corrected chi connectivity index (χ4v) is 1.80. The van der Waals surface area contributed by atoms with E-state index in [1.54, 1.807) is 0 Å². The van der Waals surface area contributed by atoms with Crippen molar-refractivity contribution in [2.45, 2.75) is 45.1 Å². The Balaban J connectivity index is 2.45. The van der Waals surface area contributed by atoms with E-state index in [4.69, 9.17) is 5.11 Å². The Hall–Kier alpha value is -1.06. The van der Waals surface area contributed by atoms with Crippen molar-refractivity contribution in [2.24, 2.45) is 0 Å². The van der Waals surface area contributed by atoms with Crippen molar-refractivity contribution in [3.05, 3.63) is 0 Å². The summed E-state index contributed by atoms with van der Waals surface area (Å²) < 4.78 is 0. The van der Waals surface area contributed by atoms with Crippen molar-refractivity contribution in [3.8, 4) is 0 Å². The van der Waals surface area contributed by atoms with E-state index in [9.17, 15) is 9.59 Å². The number of likely N-dealkylation sites (tertiary alicyclic amines) is 1. The van der Waals surface area contributed by atoms with Crippen LogP contribution in [-0.2, 0) is 9.59 Å². The summed E-state index contributed by atoms with van der Waals surface area (Å²) in [4.78, 5) is 23.7. The largest absolute Gasteiger partial charge is 0.480 e. The second kappa shape index (κ2) is 4.98. The SMILES string of the molecule is CCCCCN1C(=O)CC[C@H]1C(=O)O. The lowest BCUT2D eigenvalue weighted by Crippen LogP contribution is -2.39. The molecule has 1 aliphatic heterocycles. The predicted molar refractivity (Wildman–Crippen MR) is 51.9 cm³/mol. The highest BCUT2D eigenvalue weighted by atomic mass is 16.4.